The Morgan fingerprint density at radius 2 is 2.31 bits per heavy atom. The van der Waals surface area contributed by atoms with Crippen LogP contribution in [0, 0.1) is 10.1 Å². The predicted octanol–water partition coefficient (Wildman–Crippen LogP) is 1.56. The summed E-state index contributed by atoms with van der Waals surface area (Å²) in [5.41, 5.74) is 0.0290. The van der Waals surface area contributed by atoms with E-state index in [2.05, 4.69) is 10.3 Å². The van der Waals surface area contributed by atoms with Gasteiger partial charge in [-0.3, -0.25) is 10.1 Å². The lowest BCUT2D eigenvalue weighted by molar-refractivity contribution is -0.385. The summed E-state index contributed by atoms with van der Waals surface area (Å²) in [6, 6.07) is 3.61. The molecular formula is C8H9N3O2. The normalized spacial score (nSPS) is 15.4. The fourth-order valence-corrected chi connectivity index (χ4v) is 1.02. The van der Waals surface area contributed by atoms with Gasteiger partial charge in [0.2, 0.25) is 0 Å². The molecule has 1 saturated carbocycles. The van der Waals surface area contributed by atoms with Gasteiger partial charge in [0, 0.05) is 12.1 Å². The van der Waals surface area contributed by atoms with Crippen molar-refractivity contribution in [3.8, 4) is 0 Å². The Bertz CT molecular complexity index is 319. The molecule has 0 radical (unpaired) electrons. The largest absolute Gasteiger partial charge is 0.367 e. The number of nitro groups is 1. The number of hydrogen-bond acceptors (Lipinski definition) is 4. The highest BCUT2D eigenvalue weighted by Crippen LogP contribution is 2.24. The van der Waals surface area contributed by atoms with Crippen molar-refractivity contribution in [2.75, 3.05) is 5.32 Å². The summed E-state index contributed by atoms with van der Waals surface area (Å²) in [5.74, 6) is 0.716. The molecule has 0 bridgehead atoms. The van der Waals surface area contributed by atoms with Crippen LogP contribution in [0.5, 0.6) is 0 Å². The van der Waals surface area contributed by atoms with Crippen molar-refractivity contribution in [2.24, 2.45) is 0 Å². The van der Waals surface area contributed by atoms with Crippen LogP contribution in [0.25, 0.3) is 0 Å². The summed E-state index contributed by atoms with van der Waals surface area (Å²) in [6.45, 7) is 0. The fourth-order valence-electron chi connectivity index (χ4n) is 1.02. The van der Waals surface area contributed by atoms with E-state index in [4.69, 9.17) is 0 Å². The number of hydrogen-bond donors (Lipinski definition) is 1. The zero-order valence-electron chi connectivity index (χ0n) is 6.93. The van der Waals surface area contributed by atoms with Crippen molar-refractivity contribution < 1.29 is 4.92 Å². The number of aromatic nitrogens is 1. The molecule has 1 aliphatic carbocycles. The number of nitrogens with zero attached hydrogens (tertiary/aromatic N) is 2. The Morgan fingerprint density at radius 3 is 2.77 bits per heavy atom. The lowest BCUT2D eigenvalue weighted by atomic mass is 10.4. The standard InChI is InChI=1S/C8H9N3O2/c12-11(13)7-3-4-8(9-5-7)10-6-1-2-6/h3-6H,1-2H2,(H,9,10). The molecule has 0 saturated heterocycles. The Kier molecular flexibility index (Phi) is 1.84. The zero-order chi connectivity index (χ0) is 9.26. The minimum absolute atomic E-state index is 0.0290. The number of rotatable bonds is 3. The maximum atomic E-state index is 10.3. The van der Waals surface area contributed by atoms with Crippen molar-refractivity contribution in [1.29, 1.82) is 0 Å². The molecule has 5 heteroatoms. The van der Waals surface area contributed by atoms with Gasteiger partial charge in [-0.05, 0) is 18.9 Å². The van der Waals surface area contributed by atoms with Crippen LogP contribution >= 0.6 is 0 Å². The lowest BCUT2D eigenvalue weighted by Crippen LogP contribution is -2.02. The summed E-state index contributed by atoms with van der Waals surface area (Å²) in [5, 5.41) is 13.4. The average Bonchev–Trinajstić information content (AvgIpc) is 2.89. The van der Waals surface area contributed by atoms with Gasteiger partial charge in [-0.1, -0.05) is 0 Å². The summed E-state index contributed by atoms with van der Waals surface area (Å²) >= 11 is 0. The topological polar surface area (TPSA) is 68.1 Å². The first kappa shape index (κ1) is 7.97. The van der Waals surface area contributed by atoms with Gasteiger partial charge in [-0.25, -0.2) is 4.98 Å². The molecular weight excluding hydrogens is 170 g/mol. The minimum Gasteiger partial charge on any atom is -0.367 e. The Balaban J connectivity index is 2.08. The molecule has 5 nitrogen and oxygen atoms in total. The van der Waals surface area contributed by atoms with Crippen LogP contribution in [0.3, 0.4) is 0 Å². The predicted molar refractivity (Wildman–Crippen MR) is 47.5 cm³/mol. The third-order valence-corrected chi connectivity index (χ3v) is 1.89. The molecule has 0 aliphatic heterocycles. The summed E-state index contributed by atoms with van der Waals surface area (Å²) in [6.07, 6.45) is 3.60. The van der Waals surface area contributed by atoms with Gasteiger partial charge in [-0.15, -0.1) is 0 Å². The molecule has 1 aromatic heterocycles. The molecule has 13 heavy (non-hydrogen) atoms. The van der Waals surface area contributed by atoms with Crippen LogP contribution in [0.1, 0.15) is 12.8 Å². The van der Waals surface area contributed by atoms with E-state index in [1.54, 1.807) is 6.07 Å². The second-order valence-corrected chi connectivity index (χ2v) is 3.08. The lowest BCUT2D eigenvalue weighted by Gasteiger charge is -2.00. The highest BCUT2D eigenvalue weighted by Gasteiger charge is 2.21. The number of nitrogens with one attached hydrogen (secondary N) is 1. The summed E-state index contributed by atoms with van der Waals surface area (Å²) in [4.78, 5) is 13.8. The van der Waals surface area contributed by atoms with Crippen molar-refractivity contribution in [1.82, 2.24) is 4.98 Å². The maximum absolute atomic E-state index is 10.3. The second-order valence-electron chi connectivity index (χ2n) is 3.08. The summed E-state index contributed by atoms with van der Waals surface area (Å²) in [7, 11) is 0. The third kappa shape index (κ3) is 1.93. The molecule has 1 N–H and O–H groups in total. The molecule has 0 amide bonds. The molecule has 0 spiro atoms. The highest BCUT2D eigenvalue weighted by atomic mass is 16.6. The smallest absolute Gasteiger partial charge is 0.287 e. The molecule has 1 aromatic rings. The monoisotopic (exact) mass is 179 g/mol. The maximum Gasteiger partial charge on any atom is 0.287 e. The van der Waals surface area contributed by atoms with Gasteiger partial charge in [0.25, 0.3) is 5.69 Å². The molecule has 2 rings (SSSR count). The van der Waals surface area contributed by atoms with E-state index >= 15 is 0 Å². The van der Waals surface area contributed by atoms with Crippen LogP contribution in [-0.4, -0.2) is 15.9 Å². The van der Waals surface area contributed by atoms with Crippen molar-refractivity contribution in [3.05, 3.63) is 28.4 Å². The molecule has 0 aromatic carbocycles. The first-order valence-corrected chi connectivity index (χ1v) is 4.13. The van der Waals surface area contributed by atoms with Crippen LogP contribution in [0.2, 0.25) is 0 Å². The van der Waals surface area contributed by atoms with Gasteiger partial charge in [-0.2, -0.15) is 0 Å². The molecule has 1 heterocycles. The van der Waals surface area contributed by atoms with Gasteiger partial charge < -0.3 is 5.32 Å². The Hall–Kier alpha value is -1.65. The molecule has 68 valence electrons. The van der Waals surface area contributed by atoms with Crippen LogP contribution < -0.4 is 5.32 Å². The molecule has 1 aliphatic rings. The Labute approximate surface area is 74.9 Å². The first-order valence-electron chi connectivity index (χ1n) is 4.13. The van der Waals surface area contributed by atoms with E-state index in [-0.39, 0.29) is 5.69 Å². The fraction of sp³-hybridized carbons (Fsp3) is 0.375. The minimum atomic E-state index is -0.450. The third-order valence-electron chi connectivity index (χ3n) is 1.89. The van der Waals surface area contributed by atoms with Crippen LogP contribution in [0.15, 0.2) is 18.3 Å². The van der Waals surface area contributed by atoms with E-state index in [1.807, 2.05) is 0 Å². The SMILES string of the molecule is O=[N+]([O-])c1ccc(NC2CC2)nc1. The summed E-state index contributed by atoms with van der Waals surface area (Å²) < 4.78 is 0. The Morgan fingerprint density at radius 1 is 1.54 bits per heavy atom. The second kappa shape index (κ2) is 3.01. The number of pyridine rings is 1. The average molecular weight is 179 g/mol. The van der Waals surface area contributed by atoms with Crippen LogP contribution in [0.4, 0.5) is 11.5 Å². The van der Waals surface area contributed by atoms with Gasteiger partial charge >= 0.3 is 0 Å². The van der Waals surface area contributed by atoms with Gasteiger partial charge in [0.05, 0.1) is 4.92 Å². The molecule has 1 fully saturated rings. The van der Waals surface area contributed by atoms with Crippen LogP contribution in [-0.2, 0) is 0 Å². The van der Waals surface area contributed by atoms with E-state index < -0.39 is 4.92 Å². The number of anilines is 1. The quantitative estimate of drug-likeness (QED) is 0.564. The van der Waals surface area contributed by atoms with Crippen molar-refractivity contribution >= 4 is 11.5 Å². The molecule has 0 unspecified atom stereocenters. The molecule has 0 atom stereocenters. The van der Waals surface area contributed by atoms with E-state index in [9.17, 15) is 10.1 Å². The van der Waals surface area contributed by atoms with E-state index in [0.717, 1.165) is 0 Å². The first-order chi connectivity index (χ1) is 6.25. The van der Waals surface area contributed by atoms with E-state index in [0.29, 0.717) is 11.9 Å². The van der Waals surface area contributed by atoms with Gasteiger partial charge in [0.1, 0.15) is 12.0 Å². The van der Waals surface area contributed by atoms with Gasteiger partial charge in [0.15, 0.2) is 0 Å². The highest BCUT2D eigenvalue weighted by molar-refractivity contribution is 5.41. The van der Waals surface area contributed by atoms with Crippen molar-refractivity contribution in [3.63, 3.8) is 0 Å². The zero-order valence-corrected chi connectivity index (χ0v) is 6.93. The van der Waals surface area contributed by atoms with Crippen molar-refractivity contribution in [2.45, 2.75) is 18.9 Å². The van der Waals surface area contributed by atoms with E-state index in [1.165, 1.54) is 25.1 Å².